The van der Waals surface area contributed by atoms with Crippen LogP contribution in [0, 0.1) is 5.92 Å². The molecule has 0 atom stereocenters. The summed E-state index contributed by atoms with van der Waals surface area (Å²) in [5.41, 5.74) is 1.01. The van der Waals surface area contributed by atoms with Crippen LogP contribution in [0.5, 0.6) is 0 Å². The van der Waals surface area contributed by atoms with Crippen LogP contribution >= 0.6 is 11.6 Å². The van der Waals surface area contributed by atoms with Gasteiger partial charge in [-0.05, 0) is 56.3 Å². The topological polar surface area (TPSA) is 52.6 Å². The van der Waals surface area contributed by atoms with Gasteiger partial charge >= 0.3 is 0 Å². The lowest BCUT2D eigenvalue weighted by Gasteiger charge is -2.33. The van der Waals surface area contributed by atoms with E-state index in [1.165, 1.54) is 0 Å². The second-order valence-electron chi connectivity index (χ2n) is 6.18. The van der Waals surface area contributed by atoms with Crippen molar-refractivity contribution in [3.05, 3.63) is 34.9 Å². The van der Waals surface area contributed by atoms with Crippen molar-refractivity contribution in [1.29, 1.82) is 0 Å². The molecule has 0 aromatic heterocycles. The van der Waals surface area contributed by atoms with Crippen molar-refractivity contribution < 1.29 is 9.90 Å². The average Bonchev–Trinajstić information content (AvgIpc) is 2.53. The molecule has 5 heteroatoms. The number of aliphatic hydroxyl groups excluding tert-OH is 1. The molecule has 1 aliphatic carbocycles. The molecular formula is C17H25ClN2O2. The van der Waals surface area contributed by atoms with Crippen LogP contribution in [0.25, 0.3) is 0 Å². The van der Waals surface area contributed by atoms with Gasteiger partial charge in [0.2, 0.25) is 5.91 Å². The molecule has 0 unspecified atom stereocenters. The summed E-state index contributed by atoms with van der Waals surface area (Å²) in [5, 5.41) is 12.8. The molecule has 0 aliphatic heterocycles. The van der Waals surface area contributed by atoms with Crippen LogP contribution in [-0.2, 0) is 11.3 Å². The van der Waals surface area contributed by atoms with Crippen LogP contribution in [0.1, 0.15) is 31.2 Å². The van der Waals surface area contributed by atoms with Gasteiger partial charge in [0, 0.05) is 24.2 Å². The zero-order valence-corrected chi connectivity index (χ0v) is 13.9. The van der Waals surface area contributed by atoms with Gasteiger partial charge in [0.05, 0.1) is 6.54 Å². The van der Waals surface area contributed by atoms with E-state index in [9.17, 15) is 9.90 Å². The molecule has 122 valence electrons. The fraction of sp³-hybridized carbons (Fsp3) is 0.588. The average molecular weight is 325 g/mol. The van der Waals surface area contributed by atoms with Gasteiger partial charge < -0.3 is 10.4 Å². The van der Waals surface area contributed by atoms with Crippen molar-refractivity contribution in [3.8, 4) is 0 Å². The van der Waals surface area contributed by atoms with Gasteiger partial charge in [0.15, 0.2) is 0 Å². The smallest absolute Gasteiger partial charge is 0.234 e. The predicted molar refractivity (Wildman–Crippen MR) is 88.8 cm³/mol. The summed E-state index contributed by atoms with van der Waals surface area (Å²) in [6, 6.07) is 7.96. The number of halogens is 1. The minimum Gasteiger partial charge on any atom is -0.396 e. The number of rotatable bonds is 6. The first-order valence-corrected chi connectivity index (χ1v) is 8.28. The summed E-state index contributed by atoms with van der Waals surface area (Å²) < 4.78 is 0. The first-order valence-electron chi connectivity index (χ1n) is 7.90. The van der Waals surface area contributed by atoms with Crippen LogP contribution < -0.4 is 5.32 Å². The molecule has 2 rings (SSSR count). The van der Waals surface area contributed by atoms with Crippen molar-refractivity contribution >= 4 is 17.5 Å². The lowest BCUT2D eigenvalue weighted by atomic mass is 9.86. The molecule has 1 aromatic rings. The monoisotopic (exact) mass is 324 g/mol. The Morgan fingerprint density at radius 2 is 2.09 bits per heavy atom. The van der Waals surface area contributed by atoms with E-state index in [0.29, 0.717) is 30.1 Å². The normalized spacial score (nSPS) is 21.8. The molecular weight excluding hydrogens is 300 g/mol. The number of likely N-dealkylation sites (N-methyl/N-ethyl adjacent to an activating group) is 1. The maximum atomic E-state index is 12.0. The molecule has 0 saturated heterocycles. The van der Waals surface area contributed by atoms with Crippen molar-refractivity contribution in [3.63, 3.8) is 0 Å². The highest BCUT2D eigenvalue weighted by atomic mass is 35.5. The Kier molecular flexibility index (Phi) is 6.68. The number of benzene rings is 1. The number of hydrogen-bond acceptors (Lipinski definition) is 3. The third kappa shape index (κ3) is 5.27. The van der Waals surface area contributed by atoms with Gasteiger partial charge in [-0.3, -0.25) is 9.69 Å². The Hall–Kier alpha value is -1.10. The maximum absolute atomic E-state index is 12.0. The number of nitrogens with one attached hydrogen (secondary N) is 1. The van der Waals surface area contributed by atoms with E-state index in [1.54, 1.807) is 0 Å². The molecule has 1 aromatic carbocycles. The van der Waals surface area contributed by atoms with E-state index >= 15 is 0 Å². The second kappa shape index (κ2) is 8.51. The molecule has 0 bridgehead atoms. The predicted octanol–water partition coefficient (Wildman–Crippen LogP) is 2.44. The van der Waals surface area contributed by atoms with E-state index < -0.39 is 0 Å². The van der Waals surface area contributed by atoms with Gasteiger partial charge in [-0.2, -0.15) is 0 Å². The van der Waals surface area contributed by atoms with Crippen LogP contribution in [0.2, 0.25) is 5.02 Å². The van der Waals surface area contributed by atoms with Crippen molar-refractivity contribution in [2.45, 2.75) is 38.3 Å². The third-order valence-corrected chi connectivity index (χ3v) is 4.70. The first kappa shape index (κ1) is 17.3. The minimum absolute atomic E-state index is 0.0340. The number of aliphatic hydroxyl groups is 1. The highest BCUT2D eigenvalue weighted by Crippen LogP contribution is 2.26. The summed E-state index contributed by atoms with van der Waals surface area (Å²) in [6.07, 6.45) is 4.22. The molecule has 1 saturated carbocycles. The van der Waals surface area contributed by atoms with E-state index in [-0.39, 0.29) is 12.5 Å². The summed E-state index contributed by atoms with van der Waals surface area (Å²) in [7, 11) is 2.00. The molecule has 4 nitrogen and oxygen atoms in total. The van der Waals surface area contributed by atoms with Crippen LogP contribution in [0.3, 0.4) is 0 Å². The zero-order chi connectivity index (χ0) is 15.9. The molecule has 0 heterocycles. The summed E-state index contributed by atoms with van der Waals surface area (Å²) in [4.78, 5) is 14.2. The van der Waals surface area contributed by atoms with E-state index in [0.717, 1.165) is 31.2 Å². The largest absolute Gasteiger partial charge is 0.396 e. The highest BCUT2D eigenvalue weighted by Gasteiger charge is 2.24. The lowest BCUT2D eigenvalue weighted by molar-refractivity contribution is -0.122. The molecule has 22 heavy (non-hydrogen) atoms. The standard InChI is InChI=1S/C17H25ClN2O2/c1-20(16-7-5-13(12-21)6-8-16)11-17(22)19-10-14-3-2-4-15(18)9-14/h2-4,9,13,16,21H,5-8,10-12H2,1H3,(H,19,22). The van der Waals surface area contributed by atoms with Gasteiger partial charge in [-0.15, -0.1) is 0 Å². The van der Waals surface area contributed by atoms with Crippen LogP contribution in [-0.4, -0.2) is 42.2 Å². The molecule has 2 N–H and O–H groups in total. The fourth-order valence-electron chi connectivity index (χ4n) is 3.03. The van der Waals surface area contributed by atoms with E-state index in [2.05, 4.69) is 10.2 Å². The van der Waals surface area contributed by atoms with Gasteiger partial charge in [-0.25, -0.2) is 0 Å². The molecule has 0 spiro atoms. The van der Waals surface area contributed by atoms with Gasteiger partial charge in [-0.1, -0.05) is 23.7 Å². The molecule has 1 aliphatic rings. The Morgan fingerprint density at radius 1 is 1.36 bits per heavy atom. The van der Waals surface area contributed by atoms with Gasteiger partial charge in [0.1, 0.15) is 0 Å². The first-order chi connectivity index (χ1) is 10.6. The second-order valence-corrected chi connectivity index (χ2v) is 6.62. The third-order valence-electron chi connectivity index (χ3n) is 4.47. The number of amides is 1. The number of nitrogens with zero attached hydrogens (tertiary/aromatic N) is 1. The van der Waals surface area contributed by atoms with Crippen LogP contribution in [0.15, 0.2) is 24.3 Å². The van der Waals surface area contributed by atoms with Gasteiger partial charge in [0.25, 0.3) is 0 Å². The minimum atomic E-state index is 0.0340. The Balaban J connectivity index is 1.72. The summed E-state index contributed by atoms with van der Waals surface area (Å²) >= 11 is 5.93. The lowest BCUT2D eigenvalue weighted by Crippen LogP contribution is -2.42. The van der Waals surface area contributed by atoms with Crippen molar-refractivity contribution in [2.75, 3.05) is 20.2 Å². The Morgan fingerprint density at radius 3 is 2.73 bits per heavy atom. The van der Waals surface area contributed by atoms with Crippen molar-refractivity contribution in [1.82, 2.24) is 10.2 Å². The maximum Gasteiger partial charge on any atom is 0.234 e. The van der Waals surface area contributed by atoms with E-state index in [1.807, 2.05) is 31.3 Å². The Bertz CT molecular complexity index is 487. The van der Waals surface area contributed by atoms with Crippen LogP contribution in [0.4, 0.5) is 0 Å². The van der Waals surface area contributed by atoms with Crippen molar-refractivity contribution in [2.24, 2.45) is 5.92 Å². The molecule has 1 fully saturated rings. The number of carbonyl (C=O) groups excluding carboxylic acids is 1. The zero-order valence-electron chi connectivity index (χ0n) is 13.1. The summed E-state index contributed by atoms with van der Waals surface area (Å²) in [5.74, 6) is 0.480. The summed E-state index contributed by atoms with van der Waals surface area (Å²) in [6.45, 7) is 1.20. The highest BCUT2D eigenvalue weighted by molar-refractivity contribution is 6.30. The fourth-order valence-corrected chi connectivity index (χ4v) is 3.24. The number of carbonyl (C=O) groups is 1. The van der Waals surface area contributed by atoms with E-state index in [4.69, 9.17) is 11.6 Å². The number of hydrogen-bond donors (Lipinski definition) is 2. The molecule has 0 radical (unpaired) electrons. The quantitative estimate of drug-likeness (QED) is 0.845. The SMILES string of the molecule is CN(CC(=O)NCc1cccc(Cl)c1)C1CCC(CO)CC1. The Labute approximate surface area is 137 Å². The molecule has 1 amide bonds.